The molecular weight excluding hydrogens is 208 g/mol. The summed E-state index contributed by atoms with van der Waals surface area (Å²) < 4.78 is 26.3. The molecule has 1 aromatic rings. The Morgan fingerprint density at radius 2 is 2.33 bits per heavy atom. The van der Waals surface area contributed by atoms with Crippen molar-refractivity contribution in [2.24, 2.45) is 5.92 Å². The molecule has 1 aliphatic rings. The van der Waals surface area contributed by atoms with E-state index in [0.717, 1.165) is 0 Å². The summed E-state index contributed by atoms with van der Waals surface area (Å²) in [5, 5.41) is 13.9. The molecule has 0 amide bonds. The van der Waals surface area contributed by atoms with Gasteiger partial charge in [0, 0.05) is 12.8 Å². The van der Waals surface area contributed by atoms with E-state index in [0.29, 0.717) is 6.54 Å². The number of nitro groups is 1. The van der Waals surface area contributed by atoms with Crippen LogP contribution >= 0.6 is 0 Å². The molecule has 1 aromatic heterocycles. The van der Waals surface area contributed by atoms with E-state index < -0.39 is 10.8 Å². The Labute approximate surface area is 83.8 Å². The molecule has 0 unspecified atom stereocenters. The summed E-state index contributed by atoms with van der Waals surface area (Å²) in [4.78, 5) is 9.69. The second kappa shape index (κ2) is 3.25. The lowest BCUT2D eigenvalue weighted by molar-refractivity contribution is -0.389. The Morgan fingerprint density at radius 3 is 2.80 bits per heavy atom. The van der Waals surface area contributed by atoms with Gasteiger partial charge >= 0.3 is 5.82 Å². The smallest absolute Gasteiger partial charge is 0.358 e. The van der Waals surface area contributed by atoms with E-state index in [1.807, 2.05) is 0 Å². The maximum atomic E-state index is 12.5. The van der Waals surface area contributed by atoms with Crippen LogP contribution in [0.4, 0.5) is 14.6 Å². The fourth-order valence-corrected chi connectivity index (χ4v) is 1.73. The van der Waals surface area contributed by atoms with Crippen molar-refractivity contribution in [3.63, 3.8) is 0 Å². The lowest BCUT2D eigenvalue weighted by Crippen LogP contribution is -2.37. The van der Waals surface area contributed by atoms with Crippen LogP contribution in [0.5, 0.6) is 0 Å². The summed E-state index contributed by atoms with van der Waals surface area (Å²) in [6.07, 6.45) is 1.13. The van der Waals surface area contributed by atoms with E-state index >= 15 is 0 Å². The zero-order chi connectivity index (χ0) is 11.1. The van der Waals surface area contributed by atoms with Gasteiger partial charge in [-0.3, -0.25) is 0 Å². The molecule has 0 atom stereocenters. The van der Waals surface area contributed by atoms with Crippen molar-refractivity contribution in [3.8, 4) is 0 Å². The third kappa shape index (κ3) is 2.11. The van der Waals surface area contributed by atoms with Crippen LogP contribution in [0.3, 0.4) is 0 Å². The number of halogens is 2. The number of rotatable bonds is 3. The summed E-state index contributed by atoms with van der Waals surface area (Å²) in [7, 11) is 0. The Bertz CT molecular complexity index is 383. The third-order valence-electron chi connectivity index (χ3n) is 2.43. The highest BCUT2D eigenvalue weighted by Gasteiger charge is 2.45. The standard InChI is InChI=1S/C8H9F2N3O2/c9-8(10)3-6(4-8)5-12-2-1-7(11-12)13(14)15/h1-2,6H,3-5H2. The van der Waals surface area contributed by atoms with Crippen molar-refractivity contribution >= 4 is 5.82 Å². The van der Waals surface area contributed by atoms with Crippen LogP contribution in [0.15, 0.2) is 12.3 Å². The summed E-state index contributed by atoms with van der Waals surface area (Å²) in [5.74, 6) is -2.93. The van der Waals surface area contributed by atoms with E-state index in [-0.39, 0.29) is 24.6 Å². The highest BCUT2D eigenvalue weighted by atomic mass is 19.3. The van der Waals surface area contributed by atoms with E-state index in [2.05, 4.69) is 5.10 Å². The zero-order valence-electron chi connectivity index (χ0n) is 7.77. The lowest BCUT2D eigenvalue weighted by Gasteiger charge is -2.33. The molecule has 0 aromatic carbocycles. The maximum absolute atomic E-state index is 12.5. The molecule has 15 heavy (non-hydrogen) atoms. The first-order valence-electron chi connectivity index (χ1n) is 4.52. The van der Waals surface area contributed by atoms with Gasteiger partial charge in [0.2, 0.25) is 5.92 Å². The van der Waals surface area contributed by atoms with Crippen LogP contribution in [0.1, 0.15) is 12.8 Å². The van der Waals surface area contributed by atoms with Gasteiger partial charge in [-0.25, -0.2) is 8.78 Å². The van der Waals surface area contributed by atoms with Gasteiger partial charge in [0.15, 0.2) is 0 Å². The molecule has 1 saturated carbocycles. The van der Waals surface area contributed by atoms with Crippen molar-refractivity contribution < 1.29 is 13.7 Å². The van der Waals surface area contributed by atoms with Crippen LogP contribution in [-0.2, 0) is 6.54 Å². The Kier molecular flexibility index (Phi) is 2.17. The molecule has 0 radical (unpaired) electrons. The largest absolute Gasteiger partial charge is 0.389 e. The first-order valence-corrected chi connectivity index (χ1v) is 4.52. The maximum Gasteiger partial charge on any atom is 0.389 e. The first-order chi connectivity index (χ1) is 6.96. The molecule has 5 nitrogen and oxygen atoms in total. The number of hydrogen-bond acceptors (Lipinski definition) is 3. The van der Waals surface area contributed by atoms with Crippen LogP contribution in [0.25, 0.3) is 0 Å². The van der Waals surface area contributed by atoms with Gasteiger partial charge in [-0.05, 0) is 10.8 Å². The number of nitrogens with zero attached hydrogens (tertiary/aromatic N) is 3. The Morgan fingerprint density at radius 1 is 1.67 bits per heavy atom. The predicted octanol–water partition coefficient (Wildman–Crippen LogP) is 1.84. The van der Waals surface area contributed by atoms with Crippen molar-refractivity contribution in [2.45, 2.75) is 25.3 Å². The summed E-state index contributed by atoms with van der Waals surface area (Å²) in [5.41, 5.74) is 0. The van der Waals surface area contributed by atoms with Gasteiger partial charge in [0.1, 0.15) is 0 Å². The second-order valence-corrected chi connectivity index (χ2v) is 3.78. The third-order valence-corrected chi connectivity index (χ3v) is 2.43. The minimum atomic E-state index is -2.55. The minimum absolute atomic E-state index is 0.125. The first kappa shape index (κ1) is 10.0. The SMILES string of the molecule is O=[N+]([O-])c1ccn(CC2CC(F)(F)C2)n1. The van der Waals surface area contributed by atoms with Gasteiger partial charge in [0.05, 0.1) is 23.9 Å². The number of aromatic nitrogens is 2. The fraction of sp³-hybridized carbons (Fsp3) is 0.625. The van der Waals surface area contributed by atoms with Gasteiger partial charge in [-0.15, -0.1) is 0 Å². The van der Waals surface area contributed by atoms with Gasteiger partial charge in [-0.2, -0.15) is 4.68 Å². The van der Waals surface area contributed by atoms with Crippen LogP contribution in [0.2, 0.25) is 0 Å². The molecular formula is C8H9F2N3O2. The topological polar surface area (TPSA) is 61.0 Å². The molecule has 1 aliphatic carbocycles. The molecule has 82 valence electrons. The molecule has 0 saturated heterocycles. The number of hydrogen-bond donors (Lipinski definition) is 0. The zero-order valence-corrected chi connectivity index (χ0v) is 7.77. The Balaban J connectivity index is 1.92. The quantitative estimate of drug-likeness (QED) is 0.573. The van der Waals surface area contributed by atoms with Gasteiger partial charge in [0.25, 0.3) is 0 Å². The predicted molar refractivity (Wildman–Crippen MR) is 46.6 cm³/mol. The second-order valence-electron chi connectivity index (χ2n) is 3.78. The summed E-state index contributed by atoms with van der Waals surface area (Å²) in [6, 6.07) is 1.26. The normalized spacial score (nSPS) is 19.9. The monoisotopic (exact) mass is 217 g/mol. The van der Waals surface area contributed by atoms with Gasteiger partial charge in [-0.1, -0.05) is 0 Å². The highest BCUT2D eigenvalue weighted by Crippen LogP contribution is 2.42. The van der Waals surface area contributed by atoms with Crippen LogP contribution < -0.4 is 0 Å². The van der Waals surface area contributed by atoms with Crippen molar-refractivity contribution in [2.75, 3.05) is 0 Å². The molecule has 0 bridgehead atoms. The van der Waals surface area contributed by atoms with Gasteiger partial charge < -0.3 is 10.1 Å². The molecule has 0 spiro atoms. The molecule has 0 aliphatic heterocycles. The Hall–Kier alpha value is -1.53. The molecule has 0 N–H and O–H groups in total. The van der Waals surface area contributed by atoms with Crippen LogP contribution in [0, 0.1) is 16.0 Å². The molecule has 1 heterocycles. The van der Waals surface area contributed by atoms with Crippen LogP contribution in [-0.4, -0.2) is 20.6 Å². The molecule has 2 rings (SSSR count). The van der Waals surface area contributed by atoms with E-state index in [4.69, 9.17) is 0 Å². The van der Waals surface area contributed by atoms with Crippen molar-refractivity contribution in [1.82, 2.24) is 9.78 Å². The van der Waals surface area contributed by atoms with Crippen molar-refractivity contribution in [1.29, 1.82) is 0 Å². The fourth-order valence-electron chi connectivity index (χ4n) is 1.73. The highest BCUT2D eigenvalue weighted by molar-refractivity contribution is 5.14. The lowest BCUT2D eigenvalue weighted by atomic mass is 9.81. The summed E-state index contributed by atoms with van der Waals surface area (Å²) in [6.45, 7) is 0.323. The summed E-state index contributed by atoms with van der Waals surface area (Å²) >= 11 is 0. The van der Waals surface area contributed by atoms with E-state index in [1.54, 1.807) is 0 Å². The van der Waals surface area contributed by atoms with E-state index in [1.165, 1.54) is 16.9 Å². The average Bonchev–Trinajstić information content (AvgIpc) is 2.49. The average molecular weight is 217 g/mol. The molecule has 7 heteroatoms. The van der Waals surface area contributed by atoms with Crippen molar-refractivity contribution in [3.05, 3.63) is 22.4 Å². The van der Waals surface area contributed by atoms with E-state index in [9.17, 15) is 18.9 Å². The number of alkyl halides is 2. The minimum Gasteiger partial charge on any atom is -0.358 e. The molecule has 1 fully saturated rings.